The Kier molecular flexibility index (Phi) is 3.36. The first-order valence-corrected chi connectivity index (χ1v) is 7.20. The van der Waals surface area contributed by atoms with E-state index in [4.69, 9.17) is 0 Å². The fourth-order valence-electron chi connectivity index (χ4n) is 2.34. The van der Waals surface area contributed by atoms with Crippen molar-refractivity contribution < 1.29 is 9.18 Å². The highest BCUT2D eigenvalue weighted by atomic mass is 32.1. The summed E-state index contributed by atoms with van der Waals surface area (Å²) in [5, 5.41) is 7.90. The predicted molar refractivity (Wildman–Crippen MR) is 77.1 cm³/mol. The molecule has 5 heteroatoms. The van der Waals surface area contributed by atoms with Gasteiger partial charge in [-0.25, -0.2) is 9.40 Å². The minimum atomic E-state index is -0.277. The predicted octanol–water partition coefficient (Wildman–Crippen LogP) is 3.58. The van der Waals surface area contributed by atoms with Crippen molar-refractivity contribution in [1.82, 2.24) is 5.01 Å². The van der Waals surface area contributed by atoms with Crippen LogP contribution in [0.3, 0.4) is 0 Å². The molecule has 3 rings (SSSR count). The molecule has 1 aromatic heterocycles. The molecule has 102 valence electrons. The Hall–Kier alpha value is -2.01. The smallest absolute Gasteiger partial charge is 0.240 e. The van der Waals surface area contributed by atoms with Crippen LogP contribution in [0.25, 0.3) is 0 Å². The monoisotopic (exact) mass is 288 g/mol. The zero-order chi connectivity index (χ0) is 14.1. The molecule has 0 bridgehead atoms. The molecule has 0 saturated heterocycles. The van der Waals surface area contributed by atoms with Gasteiger partial charge in [0.15, 0.2) is 0 Å². The van der Waals surface area contributed by atoms with E-state index < -0.39 is 0 Å². The quantitative estimate of drug-likeness (QED) is 0.831. The third kappa shape index (κ3) is 2.36. The van der Waals surface area contributed by atoms with Crippen LogP contribution < -0.4 is 0 Å². The van der Waals surface area contributed by atoms with Gasteiger partial charge in [-0.3, -0.25) is 4.79 Å². The minimum absolute atomic E-state index is 0.106. The average Bonchev–Trinajstić information content (AvgIpc) is 3.08. The molecule has 1 unspecified atom stereocenters. The molecule has 0 N–H and O–H groups in total. The summed E-state index contributed by atoms with van der Waals surface area (Å²) in [6.45, 7) is 1.50. The highest BCUT2D eigenvalue weighted by molar-refractivity contribution is 7.12. The van der Waals surface area contributed by atoms with Crippen LogP contribution in [0.5, 0.6) is 0 Å². The Balaban J connectivity index is 1.93. The first-order chi connectivity index (χ1) is 9.65. The van der Waals surface area contributed by atoms with E-state index in [1.807, 2.05) is 17.5 Å². The van der Waals surface area contributed by atoms with Crippen molar-refractivity contribution >= 4 is 23.0 Å². The van der Waals surface area contributed by atoms with Crippen LogP contribution >= 0.6 is 11.3 Å². The topological polar surface area (TPSA) is 32.7 Å². The van der Waals surface area contributed by atoms with Crippen molar-refractivity contribution in [2.45, 2.75) is 19.4 Å². The van der Waals surface area contributed by atoms with Crippen molar-refractivity contribution in [2.75, 3.05) is 0 Å². The highest BCUT2D eigenvalue weighted by Gasteiger charge is 2.31. The van der Waals surface area contributed by atoms with Crippen LogP contribution in [0.4, 0.5) is 4.39 Å². The molecule has 3 nitrogen and oxygen atoms in total. The van der Waals surface area contributed by atoms with E-state index in [9.17, 15) is 9.18 Å². The number of amides is 1. The summed E-state index contributed by atoms with van der Waals surface area (Å²) in [6.07, 6.45) is 0.658. The Morgan fingerprint density at radius 1 is 1.35 bits per heavy atom. The van der Waals surface area contributed by atoms with Crippen LogP contribution in [0.15, 0.2) is 46.9 Å². The fraction of sp³-hybridized carbons (Fsp3) is 0.200. The number of hydrogen-bond donors (Lipinski definition) is 0. The lowest BCUT2D eigenvalue weighted by molar-refractivity contribution is -0.130. The van der Waals surface area contributed by atoms with Gasteiger partial charge in [0.1, 0.15) is 5.82 Å². The number of thiophene rings is 1. The third-order valence-electron chi connectivity index (χ3n) is 3.29. The van der Waals surface area contributed by atoms with Gasteiger partial charge in [0.05, 0.1) is 16.6 Å². The molecule has 0 aliphatic carbocycles. The van der Waals surface area contributed by atoms with Gasteiger partial charge in [-0.2, -0.15) is 5.10 Å². The SMILES string of the molecule is CC(=O)N1N=C(c2cccs2)CC1c1ccc(F)cc1. The lowest BCUT2D eigenvalue weighted by atomic mass is 10.0. The number of carbonyl (C=O) groups is 1. The standard InChI is InChI=1S/C15H13FN2OS/c1-10(19)18-14(11-4-6-12(16)7-5-11)9-13(17-18)15-3-2-8-20-15/h2-8,14H,9H2,1H3. The maximum absolute atomic E-state index is 13.0. The largest absolute Gasteiger partial charge is 0.273 e. The molecule has 1 aromatic carbocycles. The summed E-state index contributed by atoms with van der Waals surface area (Å²) in [5.74, 6) is -0.383. The van der Waals surface area contributed by atoms with Crippen LogP contribution in [-0.4, -0.2) is 16.6 Å². The second kappa shape index (κ2) is 5.17. The molecule has 20 heavy (non-hydrogen) atoms. The van der Waals surface area contributed by atoms with Crippen molar-refractivity contribution in [3.05, 3.63) is 58.0 Å². The number of rotatable bonds is 2. The van der Waals surface area contributed by atoms with E-state index in [1.165, 1.54) is 24.1 Å². The Bertz CT molecular complexity index is 649. The molecule has 2 heterocycles. The zero-order valence-corrected chi connectivity index (χ0v) is 11.7. The maximum atomic E-state index is 13.0. The summed E-state index contributed by atoms with van der Waals surface area (Å²) in [7, 11) is 0. The molecule has 2 aromatic rings. The molecule has 0 saturated carbocycles. The van der Waals surface area contributed by atoms with Crippen LogP contribution in [0.1, 0.15) is 29.8 Å². The molecule has 0 fully saturated rings. The molecule has 1 amide bonds. The van der Waals surface area contributed by atoms with E-state index in [2.05, 4.69) is 5.10 Å². The van der Waals surface area contributed by atoms with Gasteiger partial charge < -0.3 is 0 Å². The van der Waals surface area contributed by atoms with Crippen LogP contribution in [0, 0.1) is 5.82 Å². The van der Waals surface area contributed by atoms with E-state index in [0.717, 1.165) is 16.2 Å². The molecular weight excluding hydrogens is 275 g/mol. The Labute approximate surface area is 120 Å². The first-order valence-electron chi connectivity index (χ1n) is 6.32. The molecule has 1 aliphatic heterocycles. The van der Waals surface area contributed by atoms with E-state index >= 15 is 0 Å². The summed E-state index contributed by atoms with van der Waals surface area (Å²) >= 11 is 1.60. The van der Waals surface area contributed by atoms with E-state index in [1.54, 1.807) is 23.5 Å². The van der Waals surface area contributed by atoms with Gasteiger partial charge in [0, 0.05) is 13.3 Å². The van der Waals surface area contributed by atoms with Gasteiger partial charge >= 0.3 is 0 Å². The normalized spacial score (nSPS) is 18.2. The molecule has 1 aliphatic rings. The number of carbonyl (C=O) groups excluding carboxylic acids is 1. The van der Waals surface area contributed by atoms with Gasteiger partial charge in [0.2, 0.25) is 5.91 Å². The third-order valence-corrected chi connectivity index (χ3v) is 4.21. The fourth-order valence-corrected chi connectivity index (χ4v) is 3.06. The summed E-state index contributed by atoms with van der Waals surface area (Å²) < 4.78 is 13.0. The van der Waals surface area contributed by atoms with E-state index in [-0.39, 0.29) is 17.8 Å². The number of hydrogen-bond acceptors (Lipinski definition) is 3. The zero-order valence-electron chi connectivity index (χ0n) is 10.9. The van der Waals surface area contributed by atoms with Crippen molar-refractivity contribution in [3.8, 4) is 0 Å². The summed E-state index contributed by atoms with van der Waals surface area (Å²) in [4.78, 5) is 12.8. The lowest BCUT2D eigenvalue weighted by Crippen LogP contribution is -2.24. The van der Waals surface area contributed by atoms with Crippen LogP contribution in [0.2, 0.25) is 0 Å². The molecule has 1 atom stereocenters. The highest BCUT2D eigenvalue weighted by Crippen LogP contribution is 2.33. The summed E-state index contributed by atoms with van der Waals surface area (Å²) in [5.41, 5.74) is 1.81. The molecule has 0 spiro atoms. The Morgan fingerprint density at radius 3 is 2.70 bits per heavy atom. The van der Waals surface area contributed by atoms with Crippen molar-refractivity contribution in [3.63, 3.8) is 0 Å². The van der Waals surface area contributed by atoms with Gasteiger partial charge in [-0.1, -0.05) is 18.2 Å². The second-order valence-electron chi connectivity index (χ2n) is 4.66. The lowest BCUT2D eigenvalue weighted by Gasteiger charge is -2.20. The number of nitrogens with zero attached hydrogens (tertiary/aromatic N) is 2. The average molecular weight is 288 g/mol. The van der Waals surface area contributed by atoms with Crippen molar-refractivity contribution in [1.29, 1.82) is 0 Å². The van der Waals surface area contributed by atoms with Gasteiger partial charge in [0.25, 0.3) is 0 Å². The molecule has 0 radical (unpaired) electrons. The Morgan fingerprint density at radius 2 is 2.10 bits per heavy atom. The molecular formula is C15H13FN2OS. The van der Waals surface area contributed by atoms with Gasteiger partial charge in [-0.05, 0) is 29.1 Å². The second-order valence-corrected chi connectivity index (χ2v) is 5.61. The van der Waals surface area contributed by atoms with E-state index in [0.29, 0.717) is 6.42 Å². The van der Waals surface area contributed by atoms with Crippen molar-refractivity contribution in [2.24, 2.45) is 5.10 Å². The maximum Gasteiger partial charge on any atom is 0.240 e. The minimum Gasteiger partial charge on any atom is -0.273 e. The summed E-state index contributed by atoms with van der Waals surface area (Å²) in [6, 6.07) is 10.1. The number of halogens is 1. The van der Waals surface area contributed by atoms with Crippen LogP contribution in [-0.2, 0) is 4.79 Å². The first kappa shape index (κ1) is 13.0. The number of benzene rings is 1. The van der Waals surface area contributed by atoms with Gasteiger partial charge in [-0.15, -0.1) is 11.3 Å². The number of hydrazone groups is 1.